The van der Waals surface area contributed by atoms with Crippen molar-refractivity contribution in [3.63, 3.8) is 0 Å². The number of halogens is 1. The van der Waals surface area contributed by atoms with E-state index < -0.39 is 5.97 Å². The van der Waals surface area contributed by atoms with Gasteiger partial charge in [-0.1, -0.05) is 23.7 Å². The highest BCUT2D eigenvalue weighted by Crippen LogP contribution is 2.28. The molecule has 2 aromatic heterocycles. The molecule has 0 radical (unpaired) electrons. The molecule has 0 spiro atoms. The Morgan fingerprint density at radius 2 is 2.08 bits per heavy atom. The first-order valence-corrected chi connectivity index (χ1v) is 8.46. The molecule has 7 nitrogen and oxygen atoms in total. The summed E-state index contributed by atoms with van der Waals surface area (Å²) in [7, 11) is 0. The number of rotatable bonds is 7. The molecule has 0 atom stereocenters. The molecule has 0 saturated heterocycles. The minimum Gasteiger partial charge on any atom is -0.481 e. The van der Waals surface area contributed by atoms with Gasteiger partial charge in [-0.15, -0.1) is 0 Å². The van der Waals surface area contributed by atoms with Gasteiger partial charge in [0.15, 0.2) is 5.65 Å². The van der Waals surface area contributed by atoms with Crippen molar-refractivity contribution < 1.29 is 14.7 Å². The third-order valence-corrected chi connectivity index (χ3v) is 4.08. The van der Waals surface area contributed by atoms with Crippen molar-refractivity contribution in [3.8, 4) is 11.1 Å². The van der Waals surface area contributed by atoms with Crippen molar-refractivity contribution in [3.05, 3.63) is 47.9 Å². The Bertz CT molecular complexity index is 955. The number of fused-ring (bicyclic) bond motifs is 1. The van der Waals surface area contributed by atoms with Gasteiger partial charge in [0.05, 0.1) is 6.33 Å². The van der Waals surface area contributed by atoms with Crippen LogP contribution in [0.15, 0.2) is 42.9 Å². The second-order valence-corrected chi connectivity index (χ2v) is 6.20. The van der Waals surface area contributed by atoms with E-state index in [9.17, 15) is 9.59 Å². The van der Waals surface area contributed by atoms with Crippen LogP contribution >= 0.6 is 11.6 Å². The summed E-state index contributed by atoms with van der Waals surface area (Å²) in [6.45, 7) is 0.383. The molecule has 134 valence electrons. The Labute approximate surface area is 154 Å². The second kappa shape index (κ2) is 7.97. The fourth-order valence-electron chi connectivity index (χ4n) is 2.65. The molecule has 2 N–H and O–H groups in total. The molecule has 3 rings (SSSR count). The summed E-state index contributed by atoms with van der Waals surface area (Å²) in [6, 6.07) is 9.32. The van der Waals surface area contributed by atoms with Crippen LogP contribution in [0.4, 0.5) is 0 Å². The van der Waals surface area contributed by atoms with E-state index in [0.29, 0.717) is 29.2 Å². The molecule has 0 aliphatic carbocycles. The van der Waals surface area contributed by atoms with E-state index in [1.54, 1.807) is 23.2 Å². The molecule has 0 saturated carbocycles. The summed E-state index contributed by atoms with van der Waals surface area (Å²) in [5.74, 6) is -1.10. The number of amides is 1. The van der Waals surface area contributed by atoms with E-state index in [1.807, 2.05) is 24.3 Å². The Balaban J connectivity index is 1.76. The molecule has 2 heterocycles. The van der Waals surface area contributed by atoms with Gasteiger partial charge in [-0.05, 0) is 30.2 Å². The van der Waals surface area contributed by atoms with Crippen LogP contribution in [-0.2, 0) is 16.1 Å². The molecule has 8 heteroatoms. The number of carbonyl (C=O) groups excluding carboxylic acids is 1. The summed E-state index contributed by atoms with van der Waals surface area (Å²) in [5.41, 5.74) is 3.10. The Morgan fingerprint density at radius 1 is 1.23 bits per heavy atom. The Morgan fingerprint density at radius 3 is 2.85 bits per heavy atom. The third-order valence-electron chi connectivity index (χ3n) is 3.84. The number of pyridine rings is 1. The molecule has 1 amide bonds. The molecule has 26 heavy (non-hydrogen) atoms. The zero-order valence-electron chi connectivity index (χ0n) is 13.9. The average molecular weight is 373 g/mol. The van der Waals surface area contributed by atoms with Crippen LogP contribution < -0.4 is 5.32 Å². The maximum absolute atomic E-state index is 12.0. The number of hydrogen-bond donors (Lipinski definition) is 2. The normalized spacial score (nSPS) is 10.8. The first-order valence-electron chi connectivity index (χ1n) is 8.09. The molecule has 0 bridgehead atoms. The molecule has 0 unspecified atom stereocenters. The summed E-state index contributed by atoms with van der Waals surface area (Å²) in [6.07, 6.45) is 3.66. The predicted octanol–water partition coefficient (Wildman–Crippen LogP) is 2.73. The zero-order chi connectivity index (χ0) is 18.5. The number of nitrogens with zero attached hydrogens (tertiary/aromatic N) is 3. The van der Waals surface area contributed by atoms with Crippen LogP contribution in [-0.4, -0.2) is 38.1 Å². The average Bonchev–Trinajstić information content (AvgIpc) is 3.01. The van der Waals surface area contributed by atoms with Crippen LogP contribution in [0.3, 0.4) is 0 Å². The van der Waals surface area contributed by atoms with Gasteiger partial charge in [0, 0.05) is 29.7 Å². The monoisotopic (exact) mass is 372 g/mol. The van der Waals surface area contributed by atoms with Gasteiger partial charge in [0.1, 0.15) is 12.1 Å². The van der Waals surface area contributed by atoms with Gasteiger partial charge < -0.3 is 15.0 Å². The first-order chi connectivity index (χ1) is 12.5. The fraction of sp³-hybridized carbons (Fsp3) is 0.222. The number of carboxylic acids is 1. The van der Waals surface area contributed by atoms with E-state index in [1.165, 1.54) is 0 Å². The van der Waals surface area contributed by atoms with E-state index in [4.69, 9.17) is 16.7 Å². The summed E-state index contributed by atoms with van der Waals surface area (Å²) in [4.78, 5) is 31.3. The molecular weight excluding hydrogens is 356 g/mol. The van der Waals surface area contributed by atoms with Crippen LogP contribution in [0.1, 0.15) is 12.8 Å². The minimum absolute atomic E-state index is 0.0266. The smallest absolute Gasteiger partial charge is 0.303 e. The Hall–Kier alpha value is -2.93. The Kier molecular flexibility index (Phi) is 5.48. The summed E-state index contributed by atoms with van der Waals surface area (Å²) in [5, 5.41) is 11.9. The van der Waals surface area contributed by atoms with Crippen molar-refractivity contribution in [1.29, 1.82) is 0 Å². The number of nitrogens with one attached hydrogen (secondary N) is 1. The summed E-state index contributed by atoms with van der Waals surface area (Å²) < 4.78 is 1.66. The van der Waals surface area contributed by atoms with Gasteiger partial charge in [-0.25, -0.2) is 9.97 Å². The van der Waals surface area contributed by atoms with E-state index in [2.05, 4.69) is 15.3 Å². The van der Waals surface area contributed by atoms with Gasteiger partial charge in [0.25, 0.3) is 0 Å². The second-order valence-electron chi connectivity index (χ2n) is 5.76. The highest BCUT2D eigenvalue weighted by molar-refractivity contribution is 6.30. The maximum Gasteiger partial charge on any atom is 0.303 e. The lowest BCUT2D eigenvalue weighted by molar-refractivity contribution is -0.137. The number of benzene rings is 1. The highest BCUT2D eigenvalue weighted by Gasteiger charge is 2.12. The fourth-order valence-corrected chi connectivity index (χ4v) is 2.84. The molecule has 1 aromatic carbocycles. The van der Waals surface area contributed by atoms with Gasteiger partial charge in [-0.2, -0.15) is 0 Å². The zero-order valence-corrected chi connectivity index (χ0v) is 14.6. The van der Waals surface area contributed by atoms with Crippen LogP contribution in [0.2, 0.25) is 5.02 Å². The van der Waals surface area contributed by atoms with Crippen molar-refractivity contribution in [2.24, 2.45) is 0 Å². The lowest BCUT2D eigenvalue weighted by Gasteiger charge is -2.07. The predicted molar refractivity (Wildman–Crippen MR) is 97.9 cm³/mol. The quantitative estimate of drug-likeness (QED) is 0.621. The number of aromatic nitrogens is 3. The van der Waals surface area contributed by atoms with Crippen LogP contribution in [0.5, 0.6) is 0 Å². The standard InChI is InChI=1S/C18H17ClN4O3/c19-13-4-1-3-12(9-13)14-6-8-21-18-17(14)22-11-23(18)10-15(24)20-7-2-5-16(25)26/h1,3-4,6,8-9,11H,2,5,7,10H2,(H,20,24)(H,25,26). The molecular formula is C18H17ClN4O3. The van der Waals surface area contributed by atoms with Gasteiger partial charge in [0.2, 0.25) is 5.91 Å². The molecule has 3 aromatic rings. The number of imidazole rings is 1. The molecule has 0 aliphatic rings. The highest BCUT2D eigenvalue weighted by atomic mass is 35.5. The number of aliphatic carboxylic acids is 1. The number of carboxylic acid groups (broad SMARTS) is 1. The molecule has 0 aliphatic heterocycles. The minimum atomic E-state index is -0.877. The first kappa shape index (κ1) is 17.9. The maximum atomic E-state index is 12.0. The van der Waals surface area contributed by atoms with E-state index >= 15 is 0 Å². The lowest BCUT2D eigenvalue weighted by Crippen LogP contribution is -2.28. The number of carbonyl (C=O) groups is 2. The van der Waals surface area contributed by atoms with Gasteiger partial charge >= 0.3 is 5.97 Å². The van der Waals surface area contributed by atoms with Crippen molar-refractivity contribution >= 4 is 34.6 Å². The van der Waals surface area contributed by atoms with E-state index in [-0.39, 0.29) is 18.9 Å². The van der Waals surface area contributed by atoms with Crippen molar-refractivity contribution in [1.82, 2.24) is 19.9 Å². The summed E-state index contributed by atoms with van der Waals surface area (Å²) >= 11 is 6.07. The SMILES string of the molecule is O=C(O)CCCNC(=O)Cn1cnc2c(-c3cccc(Cl)c3)ccnc21. The van der Waals surface area contributed by atoms with Crippen LogP contribution in [0.25, 0.3) is 22.3 Å². The number of hydrogen-bond acceptors (Lipinski definition) is 4. The topological polar surface area (TPSA) is 97.1 Å². The lowest BCUT2D eigenvalue weighted by atomic mass is 10.1. The van der Waals surface area contributed by atoms with Gasteiger partial charge in [-0.3, -0.25) is 9.59 Å². The third kappa shape index (κ3) is 4.18. The largest absolute Gasteiger partial charge is 0.481 e. The van der Waals surface area contributed by atoms with E-state index in [0.717, 1.165) is 11.1 Å². The van der Waals surface area contributed by atoms with Crippen molar-refractivity contribution in [2.75, 3.05) is 6.54 Å². The molecule has 0 fully saturated rings. The van der Waals surface area contributed by atoms with Crippen LogP contribution in [0, 0.1) is 0 Å². The van der Waals surface area contributed by atoms with Crippen molar-refractivity contribution in [2.45, 2.75) is 19.4 Å².